The van der Waals surface area contributed by atoms with Gasteiger partial charge in [-0.15, -0.1) is 0 Å². The van der Waals surface area contributed by atoms with Gasteiger partial charge in [-0.25, -0.2) is 14.5 Å². The van der Waals surface area contributed by atoms with Crippen molar-refractivity contribution in [2.45, 2.75) is 32.9 Å². The zero-order valence-electron chi connectivity index (χ0n) is 16.2. The first-order valence-electron chi connectivity index (χ1n) is 9.10. The molecule has 0 aliphatic rings. The van der Waals surface area contributed by atoms with Crippen LogP contribution in [0.4, 0.5) is 13.2 Å². The minimum Gasteiger partial charge on any atom is -0.337 e. The summed E-state index contributed by atoms with van der Waals surface area (Å²) >= 11 is 0. The van der Waals surface area contributed by atoms with Crippen molar-refractivity contribution in [1.29, 1.82) is 0 Å². The van der Waals surface area contributed by atoms with Crippen LogP contribution in [0.3, 0.4) is 0 Å². The van der Waals surface area contributed by atoms with E-state index in [1.165, 1.54) is 11.4 Å². The Hall–Kier alpha value is -3.23. The molecule has 0 saturated heterocycles. The number of hydrogen-bond acceptors (Lipinski definition) is 4. The number of imidazole rings is 2. The number of pyridine rings is 1. The fourth-order valence-corrected chi connectivity index (χ4v) is 3.35. The molecule has 0 radical (unpaired) electrons. The topological polar surface area (TPSA) is 60.9 Å². The van der Waals surface area contributed by atoms with Crippen molar-refractivity contribution in [3.63, 3.8) is 0 Å². The molecular formula is C20H19F3N6. The molecule has 150 valence electrons. The Labute approximate surface area is 165 Å². The minimum absolute atomic E-state index is 0.00752. The average molecular weight is 400 g/mol. The van der Waals surface area contributed by atoms with E-state index in [-0.39, 0.29) is 11.3 Å². The first-order valence-corrected chi connectivity index (χ1v) is 9.10. The number of hydrogen-bond donors (Lipinski definition) is 0. The predicted octanol–water partition coefficient (Wildman–Crippen LogP) is 3.95. The lowest BCUT2D eigenvalue weighted by Gasteiger charge is -2.06. The average Bonchev–Trinajstić information content (AvgIpc) is 3.21. The summed E-state index contributed by atoms with van der Waals surface area (Å²) in [7, 11) is 1.91. The van der Waals surface area contributed by atoms with Crippen molar-refractivity contribution in [3.8, 4) is 11.4 Å². The van der Waals surface area contributed by atoms with Gasteiger partial charge in [0.05, 0.1) is 17.1 Å². The molecule has 29 heavy (non-hydrogen) atoms. The van der Waals surface area contributed by atoms with Crippen molar-refractivity contribution in [2.75, 3.05) is 0 Å². The monoisotopic (exact) mass is 400 g/mol. The maximum atomic E-state index is 13.2. The maximum absolute atomic E-state index is 13.2. The van der Waals surface area contributed by atoms with Gasteiger partial charge in [-0.3, -0.25) is 4.98 Å². The van der Waals surface area contributed by atoms with Crippen LogP contribution in [0.1, 0.15) is 28.5 Å². The van der Waals surface area contributed by atoms with Gasteiger partial charge in [-0.1, -0.05) is 6.07 Å². The molecule has 0 atom stereocenters. The Morgan fingerprint density at radius 2 is 1.83 bits per heavy atom. The smallest absolute Gasteiger partial charge is 0.337 e. The van der Waals surface area contributed by atoms with Crippen LogP contribution in [-0.2, 0) is 26.1 Å². The molecule has 4 aromatic rings. The van der Waals surface area contributed by atoms with Crippen LogP contribution in [0.2, 0.25) is 0 Å². The van der Waals surface area contributed by atoms with Crippen LogP contribution in [0.5, 0.6) is 0 Å². The zero-order valence-corrected chi connectivity index (χ0v) is 16.2. The van der Waals surface area contributed by atoms with Crippen molar-refractivity contribution in [2.24, 2.45) is 7.05 Å². The highest BCUT2D eigenvalue weighted by Gasteiger charge is 2.37. The second kappa shape index (κ2) is 6.98. The van der Waals surface area contributed by atoms with E-state index in [4.69, 9.17) is 0 Å². The lowest BCUT2D eigenvalue weighted by atomic mass is 10.2. The first-order chi connectivity index (χ1) is 13.7. The van der Waals surface area contributed by atoms with Crippen molar-refractivity contribution in [1.82, 2.24) is 29.1 Å². The molecule has 0 amide bonds. The molecule has 9 heteroatoms. The molecule has 4 aromatic heterocycles. The van der Waals surface area contributed by atoms with Crippen molar-refractivity contribution >= 4 is 5.65 Å². The maximum Gasteiger partial charge on any atom is 0.435 e. The van der Waals surface area contributed by atoms with Crippen molar-refractivity contribution < 1.29 is 13.2 Å². The third-order valence-electron chi connectivity index (χ3n) is 4.82. The fourth-order valence-electron chi connectivity index (χ4n) is 3.35. The SMILES string of the molecule is Cc1cc(CCc2nc(-c3ccccn3)cn2C)nn2c(C)c(C(F)(F)F)nc12. The number of fused-ring (bicyclic) bond motifs is 1. The molecule has 0 fully saturated rings. The van der Waals surface area contributed by atoms with E-state index >= 15 is 0 Å². The summed E-state index contributed by atoms with van der Waals surface area (Å²) in [4.78, 5) is 12.7. The van der Waals surface area contributed by atoms with E-state index in [0.717, 1.165) is 17.2 Å². The second-order valence-electron chi connectivity index (χ2n) is 6.97. The van der Waals surface area contributed by atoms with Gasteiger partial charge in [-0.05, 0) is 44.0 Å². The molecule has 6 nitrogen and oxygen atoms in total. The summed E-state index contributed by atoms with van der Waals surface area (Å²) in [6.45, 7) is 3.13. The summed E-state index contributed by atoms with van der Waals surface area (Å²) < 4.78 is 42.7. The number of rotatable bonds is 4. The van der Waals surface area contributed by atoms with E-state index in [2.05, 4.69) is 20.1 Å². The molecule has 0 aliphatic carbocycles. The highest BCUT2D eigenvalue weighted by Crippen LogP contribution is 2.31. The van der Waals surface area contributed by atoms with E-state index in [9.17, 15) is 13.2 Å². The van der Waals surface area contributed by atoms with Crippen LogP contribution in [-0.4, -0.2) is 29.1 Å². The van der Waals surface area contributed by atoms with Crippen LogP contribution in [0.15, 0.2) is 36.7 Å². The number of alkyl halides is 3. The van der Waals surface area contributed by atoms with Gasteiger partial charge in [-0.2, -0.15) is 18.3 Å². The lowest BCUT2D eigenvalue weighted by molar-refractivity contribution is -0.141. The molecule has 4 heterocycles. The molecule has 4 rings (SSSR count). The second-order valence-corrected chi connectivity index (χ2v) is 6.97. The fraction of sp³-hybridized carbons (Fsp3) is 0.300. The summed E-state index contributed by atoms with van der Waals surface area (Å²) in [5.41, 5.74) is 2.24. The molecule has 0 bridgehead atoms. The van der Waals surface area contributed by atoms with Crippen LogP contribution < -0.4 is 0 Å². The van der Waals surface area contributed by atoms with Gasteiger partial charge >= 0.3 is 6.18 Å². The predicted molar refractivity (Wildman–Crippen MR) is 101 cm³/mol. The standard InChI is InChI=1S/C20H19F3N6/c1-12-10-14(27-29-13(2)18(20(21,22)23)26-19(12)29)7-8-17-25-16(11-28(17)3)15-6-4-5-9-24-15/h4-6,9-11H,7-8H2,1-3H3. The van der Waals surface area contributed by atoms with Gasteiger partial charge in [0.2, 0.25) is 0 Å². The molecule has 0 N–H and O–H groups in total. The van der Waals surface area contributed by atoms with E-state index in [1.54, 1.807) is 19.2 Å². The molecule has 0 spiro atoms. The van der Waals surface area contributed by atoms with E-state index in [1.807, 2.05) is 36.0 Å². The number of aryl methyl sites for hydroxylation is 5. The van der Waals surface area contributed by atoms with Gasteiger partial charge in [0, 0.05) is 25.9 Å². The van der Waals surface area contributed by atoms with Crippen LogP contribution in [0, 0.1) is 13.8 Å². The molecule has 0 saturated carbocycles. The molecule has 0 aliphatic heterocycles. The molecular weight excluding hydrogens is 381 g/mol. The quantitative estimate of drug-likeness (QED) is 0.521. The van der Waals surface area contributed by atoms with Crippen LogP contribution >= 0.6 is 0 Å². The Kier molecular flexibility index (Phi) is 4.60. The number of aromatic nitrogens is 6. The highest BCUT2D eigenvalue weighted by molar-refractivity contribution is 5.53. The third-order valence-corrected chi connectivity index (χ3v) is 4.82. The van der Waals surface area contributed by atoms with Crippen LogP contribution in [0.25, 0.3) is 17.0 Å². The Morgan fingerprint density at radius 1 is 1.03 bits per heavy atom. The first kappa shape index (κ1) is 19.1. The summed E-state index contributed by atoms with van der Waals surface area (Å²) in [5, 5.41) is 4.38. The summed E-state index contributed by atoms with van der Waals surface area (Å²) in [6.07, 6.45) is 0.270. The third kappa shape index (κ3) is 3.59. The van der Waals surface area contributed by atoms with Gasteiger partial charge in [0.15, 0.2) is 11.3 Å². The molecule has 0 unspecified atom stereocenters. The summed E-state index contributed by atoms with van der Waals surface area (Å²) in [5.74, 6) is 0.850. The largest absolute Gasteiger partial charge is 0.435 e. The minimum atomic E-state index is -4.50. The van der Waals surface area contributed by atoms with E-state index < -0.39 is 11.9 Å². The van der Waals surface area contributed by atoms with Gasteiger partial charge in [0.25, 0.3) is 0 Å². The Morgan fingerprint density at radius 3 is 2.52 bits per heavy atom. The van der Waals surface area contributed by atoms with Gasteiger partial charge < -0.3 is 4.57 Å². The number of halogens is 3. The molecule has 0 aromatic carbocycles. The van der Waals surface area contributed by atoms with E-state index in [0.29, 0.717) is 24.1 Å². The Bertz CT molecular complexity index is 1170. The van der Waals surface area contributed by atoms with Gasteiger partial charge in [0.1, 0.15) is 11.5 Å². The highest BCUT2D eigenvalue weighted by atomic mass is 19.4. The number of nitrogens with zero attached hydrogens (tertiary/aromatic N) is 6. The van der Waals surface area contributed by atoms with Crippen molar-refractivity contribution in [3.05, 3.63) is 65.1 Å². The normalized spacial score (nSPS) is 12.1. The Balaban J connectivity index is 1.61. The summed E-state index contributed by atoms with van der Waals surface area (Å²) in [6, 6.07) is 7.43. The lowest BCUT2D eigenvalue weighted by Crippen LogP contribution is -2.08. The zero-order chi connectivity index (χ0) is 20.8.